The molecule has 0 saturated carbocycles. The van der Waals surface area contributed by atoms with Crippen LogP contribution in [0.1, 0.15) is 26.0 Å². The van der Waals surface area contributed by atoms with E-state index in [4.69, 9.17) is 4.74 Å². The highest BCUT2D eigenvalue weighted by atomic mass is 16.5. The van der Waals surface area contributed by atoms with Crippen LogP contribution in [0.4, 0.5) is 5.82 Å². The molecule has 1 fully saturated rings. The highest BCUT2D eigenvalue weighted by Gasteiger charge is 2.22. The van der Waals surface area contributed by atoms with Crippen LogP contribution >= 0.6 is 0 Å². The third-order valence-corrected chi connectivity index (χ3v) is 4.93. The number of hydrogen-bond acceptors (Lipinski definition) is 5. The topological polar surface area (TPSA) is 62.6 Å². The van der Waals surface area contributed by atoms with Gasteiger partial charge in [-0.1, -0.05) is 6.08 Å². The van der Waals surface area contributed by atoms with Crippen molar-refractivity contribution in [3.8, 4) is 0 Å². The van der Waals surface area contributed by atoms with Crippen molar-refractivity contribution in [2.75, 3.05) is 51.3 Å². The summed E-state index contributed by atoms with van der Waals surface area (Å²) in [5.74, 6) is 0.662. The first-order valence-electron chi connectivity index (χ1n) is 9.08. The second kappa shape index (κ2) is 8.12. The van der Waals surface area contributed by atoms with Crippen LogP contribution in [0.5, 0.6) is 0 Å². The second-order valence-electron chi connectivity index (χ2n) is 6.97. The molecule has 1 aromatic rings. The number of carbonyl (C=O) groups is 1. The Morgan fingerprint density at radius 2 is 2.12 bits per heavy atom. The Labute approximate surface area is 149 Å². The third-order valence-electron chi connectivity index (χ3n) is 4.93. The largest absolute Gasteiger partial charge is 0.379 e. The number of carbonyl (C=O) groups excluding carboxylic acids is 1. The predicted octanol–water partition coefficient (Wildman–Crippen LogP) is 1.19. The molecule has 138 valence electrons. The molecule has 7 heteroatoms. The van der Waals surface area contributed by atoms with Gasteiger partial charge in [-0.3, -0.25) is 19.3 Å². The van der Waals surface area contributed by atoms with Crippen LogP contribution in [-0.2, 0) is 16.6 Å². The van der Waals surface area contributed by atoms with Gasteiger partial charge in [0, 0.05) is 58.8 Å². The second-order valence-corrected chi connectivity index (χ2v) is 6.97. The van der Waals surface area contributed by atoms with E-state index in [1.807, 2.05) is 13.1 Å². The van der Waals surface area contributed by atoms with E-state index in [2.05, 4.69) is 33.2 Å². The lowest BCUT2D eigenvalue weighted by molar-refractivity contribution is -0.114. The fourth-order valence-corrected chi connectivity index (χ4v) is 3.58. The maximum Gasteiger partial charge on any atom is 0.222 e. The first-order chi connectivity index (χ1) is 12.0. The summed E-state index contributed by atoms with van der Waals surface area (Å²) in [5, 5.41) is 7.39. The number of aromatic nitrogens is 2. The van der Waals surface area contributed by atoms with E-state index in [1.54, 1.807) is 4.68 Å². The van der Waals surface area contributed by atoms with Crippen molar-refractivity contribution in [3.05, 3.63) is 17.8 Å². The van der Waals surface area contributed by atoms with Crippen LogP contribution in [0.3, 0.4) is 0 Å². The average molecular weight is 347 g/mol. The van der Waals surface area contributed by atoms with Gasteiger partial charge >= 0.3 is 0 Å². The number of anilines is 1. The molecule has 0 aliphatic carbocycles. The van der Waals surface area contributed by atoms with Gasteiger partial charge in [-0.25, -0.2) is 0 Å². The van der Waals surface area contributed by atoms with Gasteiger partial charge in [0.1, 0.15) is 5.82 Å². The fourth-order valence-electron chi connectivity index (χ4n) is 3.58. The molecule has 3 rings (SSSR count). The summed E-state index contributed by atoms with van der Waals surface area (Å²) in [7, 11) is 1.86. The molecule has 0 aromatic carbocycles. The summed E-state index contributed by atoms with van der Waals surface area (Å²) in [6, 6.07) is 2.49. The van der Waals surface area contributed by atoms with E-state index in [1.165, 1.54) is 12.5 Å². The Bertz CT molecular complexity index is 633. The first kappa shape index (κ1) is 18.1. The molecular formula is C18H29N5O2. The van der Waals surface area contributed by atoms with Crippen LogP contribution in [0.2, 0.25) is 0 Å². The Morgan fingerprint density at radius 1 is 1.36 bits per heavy atom. The van der Waals surface area contributed by atoms with E-state index in [0.29, 0.717) is 6.04 Å². The van der Waals surface area contributed by atoms with Crippen molar-refractivity contribution >= 4 is 17.3 Å². The quantitative estimate of drug-likeness (QED) is 0.867. The van der Waals surface area contributed by atoms with Crippen molar-refractivity contribution in [2.24, 2.45) is 7.05 Å². The van der Waals surface area contributed by atoms with Gasteiger partial charge in [-0.05, 0) is 18.9 Å². The molecule has 1 saturated heterocycles. The van der Waals surface area contributed by atoms with Crippen molar-refractivity contribution in [1.82, 2.24) is 19.6 Å². The number of hydrogen-bond donors (Lipinski definition) is 1. The molecular weight excluding hydrogens is 318 g/mol. The van der Waals surface area contributed by atoms with Gasteiger partial charge in [0.15, 0.2) is 0 Å². The molecule has 1 amide bonds. The van der Waals surface area contributed by atoms with E-state index in [9.17, 15) is 4.79 Å². The summed E-state index contributed by atoms with van der Waals surface area (Å²) in [6.45, 7) is 10.6. The number of morpholine rings is 1. The number of ether oxygens (including phenoxy) is 1. The molecule has 25 heavy (non-hydrogen) atoms. The number of aryl methyl sites for hydroxylation is 1. The summed E-state index contributed by atoms with van der Waals surface area (Å²) in [4.78, 5) is 16.3. The van der Waals surface area contributed by atoms with Crippen LogP contribution in [0, 0.1) is 0 Å². The van der Waals surface area contributed by atoms with Crippen molar-refractivity contribution in [2.45, 2.75) is 26.3 Å². The first-order valence-corrected chi connectivity index (χ1v) is 9.08. The summed E-state index contributed by atoms with van der Waals surface area (Å²) in [6.07, 6.45) is 3.31. The maximum absolute atomic E-state index is 11.3. The minimum atomic E-state index is -0.0758. The van der Waals surface area contributed by atoms with Crippen molar-refractivity contribution < 1.29 is 9.53 Å². The number of nitrogens with one attached hydrogen (secondary N) is 1. The van der Waals surface area contributed by atoms with E-state index >= 15 is 0 Å². The molecule has 3 heterocycles. The van der Waals surface area contributed by atoms with E-state index in [0.717, 1.165) is 63.9 Å². The Balaban J connectivity index is 1.61. The van der Waals surface area contributed by atoms with Crippen LogP contribution in [-0.4, -0.2) is 77.5 Å². The monoisotopic (exact) mass is 347 g/mol. The van der Waals surface area contributed by atoms with E-state index in [-0.39, 0.29) is 5.91 Å². The summed E-state index contributed by atoms with van der Waals surface area (Å²) < 4.78 is 7.18. The molecule has 0 spiro atoms. The SMILES string of the molecule is CC(=O)Nc1cc(C2=CCCN(C[C@@H](C)N3CCOCC3)C2)nn1C. The molecule has 1 atom stereocenters. The normalized spacial score (nSPS) is 21.0. The van der Waals surface area contributed by atoms with Gasteiger partial charge < -0.3 is 10.1 Å². The van der Waals surface area contributed by atoms with Crippen molar-refractivity contribution in [1.29, 1.82) is 0 Å². The van der Waals surface area contributed by atoms with Crippen molar-refractivity contribution in [3.63, 3.8) is 0 Å². The van der Waals surface area contributed by atoms with Gasteiger partial charge in [-0.15, -0.1) is 0 Å². The maximum atomic E-state index is 11.3. The summed E-state index contributed by atoms with van der Waals surface area (Å²) in [5.41, 5.74) is 2.20. The van der Waals surface area contributed by atoms with Gasteiger partial charge in [0.05, 0.1) is 18.9 Å². The zero-order valence-electron chi connectivity index (χ0n) is 15.5. The number of rotatable bonds is 5. The number of nitrogens with zero attached hydrogens (tertiary/aromatic N) is 4. The highest BCUT2D eigenvalue weighted by Crippen LogP contribution is 2.23. The smallest absolute Gasteiger partial charge is 0.222 e. The standard InChI is InChI=1S/C18H29N5O2/c1-14(23-7-9-25-10-8-23)12-22-6-4-5-16(13-22)17-11-18(19-15(2)24)21(3)20-17/h5,11,14H,4,6-10,12-13H2,1-3H3,(H,19,24)/t14-/m1/s1. The minimum absolute atomic E-state index is 0.0758. The fraction of sp³-hybridized carbons (Fsp3) is 0.667. The average Bonchev–Trinajstić information content (AvgIpc) is 2.96. The molecule has 0 bridgehead atoms. The molecule has 0 radical (unpaired) electrons. The van der Waals surface area contributed by atoms with Gasteiger partial charge in [0.25, 0.3) is 0 Å². The van der Waals surface area contributed by atoms with Crippen LogP contribution < -0.4 is 5.32 Å². The zero-order chi connectivity index (χ0) is 17.8. The Morgan fingerprint density at radius 3 is 2.84 bits per heavy atom. The third kappa shape index (κ3) is 4.68. The van der Waals surface area contributed by atoms with E-state index < -0.39 is 0 Å². The van der Waals surface area contributed by atoms with Gasteiger partial charge in [-0.2, -0.15) is 5.10 Å². The molecule has 2 aliphatic rings. The predicted molar refractivity (Wildman–Crippen MR) is 98.4 cm³/mol. The lowest BCUT2D eigenvalue weighted by Crippen LogP contribution is -2.48. The zero-order valence-corrected chi connectivity index (χ0v) is 15.5. The molecule has 0 unspecified atom stereocenters. The highest BCUT2D eigenvalue weighted by molar-refractivity contribution is 5.88. The molecule has 1 N–H and O–H groups in total. The Hall–Kier alpha value is -1.70. The van der Waals surface area contributed by atoms with Crippen LogP contribution in [0.25, 0.3) is 5.57 Å². The Kier molecular flexibility index (Phi) is 5.88. The molecule has 2 aliphatic heterocycles. The summed E-state index contributed by atoms with van der Waals surface area (Å²) >= 11 is 0. The lowest BCUT2D eigenvalue weighted by atomic mass is 10.1. The lowest BCUT2D eigenvalue weighted by Gasteiger charge is -2.36. The van der Waals surface area contributed by atoms with Crippen LogP contribution in [0.15, 0.2) is 12.1 Å². The van der Waals surface area contributed by atoms with Gasteiger partial charge in [0.2, 0.25) is 5.91 Å². The molecule has 1 aromatic heterocycles. The molecule has 7 nitrogen and oxygen atoms in total. The number of amides is 1. The minimum Gasteiger partial charge on any atom is -0.379 e.